The molecule has 0 amide bonds. The summed E-state index contributed by atoms with van der Waals surface area (Å²) in [7, 11) is 0. The van der Waals surface area contributed by atoms with Crippen LogP contribution in [0.1, 0.15) is 102 Å². The second kappa shape index (κ2) is 16.8. The van der Waals surface area contributed by atoms with Gasteiger partial charge in [0.1, 0.15) is 0 Å². The van der Waals surface area contributed by atoms with Crippen LogP contribution in [0.4, 0.5) is 11.4 Å². The van der Waals surface area contributed by atoms with E-state index in [2.05, 4.69) is 48.6 Å². The number of anilines is 2. The lowest BCUT2D eigenvalue weighted by molar-refractivity contribution is 0.161. The van der Waals surface area contributed by atoms with Crippen LogP contribution in [0.25, 0.3) is 0 Å². The number of hydrogen-bond donors (Lipinski definition) is 2. The third-order valence-electron chi connectivity index (χ3n) is 6.13. The summed E-state index contributed by atoms with van der Waals surface area (Å²) in [6, 6.07) is 18.7. The van der Waals surface area contributed by atoms with Gasteiger partial charge >= 0.3 is 0 Å². The summed E-state index contributed by atoms with van der Waals surface area (Å²) in [5, 5.41) is 13.8. The summed E-state index contributed by atoms with van der Waals surface area (Å²) >= 11 is 0. The molecule has 2 rings (SSSR count). The van der Waals surface area contributed by atoms with Crippen LogP contribution >= 0.6 is 0 Å². The molecule has 2 N–H and O–H groups in total. The van der Waals surface area contributed by atoms with Crippen molar-refractivity contribution < 1.29 is 5.11 Å². The van der Waals surface area contributed by atoms with Crippen molar-refractivity contribution in [2.75, 3.05) is 5.32 Å². The highest BCUT2D eigenvalue weighted by molar-refractivity contribution is 5.59. The Morgan fingerprint density at radius 2 is 1.10 bits per heavy atom. The van der Waals surface area contributed by atoms with Gasteiger partial charge in [-0.2, -0.15) is 0 Å². The van der Waals surface area contributed by atoms with Crippen LogP contribution in [0.5, 0.6) is 0 Å². The monoisotopic (exact) mass is 423 g/mol. The minimum absolute atomic E-state index is 0.222. The predicted molar refractivity (Wildman–Crippen MR) is 136 cm³/mol. The Hall–Kier alpha value is -1.80. The van der Waals surface area contributed by atoms with Crippen LogP contribution in [-0.4, -0.2) is 11.2 Å². The molecular weight excluding hydrogens is 378 g/mol. The fourth-order valence-electron chi connectivity index (χ4n) is 4.18. The number of nitrogens with one attached hydrogen (secondary N) is 1. The molecule has 2 aromatic carbocycles. The molecule has 0 aromatic heterocycles. The molecule has 0 radical (unpaired) electrons. The van der Waals surface area contributed by atoms with Crippen LogP contribution in [0.15, 0.2) is 54.6 Å². The highest BCUT2D eigenvalue weighted by atomic mass is 16.3. The third-order valence-corrected chi connectivity index (χ3v) is 6.13. The second-order valence-electron chi connectivity index (χ2n) is 9.08. The molecule has 0 saturated heterocycles. The zero-order valence-corrected chi connectivity index (χ0v) is 19.8. The zero-order chi connectivity index (χ0) is 22.0. The van der Waals surface area contributed by atoms with E-state index in [-0.39, 0.29) is 6.10 Å². The number of para-hydroxylation sites is 1. The Morgan fingerprint density at radius 1 is 0.613 bits per heavy atom. The van der Waals surface area contributed by atoms with E-state index in [1.165, 1.54) is 82.6 Å². The van der Waals surface area contributed by atoms with Crippen LogP contribution < -0.4 is 5.32 Å². The fraction of sp³-hybridized carbons (Fsp3) is 0.586. The van der Waals surface area contributed by atoms with Crippen LogP contribution in [-0.2, 0) is 6.42 Å². The normalized spacial score (nSPS) is 12.1. The molecule has 0 aliphatic rings. The van der Waals surface area contributed by atoms with Crippen molar-refractivity contribution in [3.8, 4) is 0 Å². The molecule has 31 heavy (non-hydrogen) atoms. The first-order valence-corrected chi connectivity index (χ1v) is 12.9. The van der Waals surface area contributed by atoms with E-state index in [0.717, 1.165) is 30.6 Å². The molecule has 2 nitrogen and oxygen atoms in total. The van der Waals surface area contributed by atoms with E-state index < -0.39 is 0 Å². The van der Waals surface area contributed by atoms with Crippen molar-refractivity contribution >= 4 is 11.4 Å². The lowest BCUT2D eigenvalue weighted by Gasteiger charge is -2.12. The quantitative estimate of drug-likeness (QED) is 0.235. The van der Waals surface area contributed by atoms with Gasteiger partial charge < -0.3 is 10.4 Å². The summed E-state index contributed by atoms with van der Waals surface area (Å²) in [4.78, 5) is 0. The lowest BCUT2D eigenvalue weighted by Crippen LogP contribution is -2.10. The molecule has 0 bridgehead atoms. The second-order valence-corrected chi connectivity index (χ2v) is 9.08. The van der Waals surface area contributed by atoms with Gasteiger partial charge in [0.05, 0.1) is 6.10 Å². The smallest absolute Gasteiger partial charge is 0.0580 e. The Bertz CT molecular complexity index is 652. The maximum Gasteiger partial charge on any atom is 0.0580 e. The SMILES string of the molecule is CCCCCCCCCCCCCCCC(O)Cc1ccc(Nc2ccccc2)cc1. The number of hydrogen-bond acceptors (Lipinski definition) is 2. The van der Waals surface area contributed by atoms with E-state index >= 15 is 0 Å². The molecule has 0 spiro atoms. The van der Waals surface area contributed by atoms with Gasteiger partial charge in [0.25, 0.3) is 0 Å². The number of rotatable bonds is 18. The van der Waals surface area contributed by atoms with E-state index in [1.54, 1.807) is 0 Å². The van der Waals surface area contributed by atoms with Crippen molar-refractivity contribution in [1.29, 1.82) is 0 Å². The molecule has 1 atom stereocenters. The number of benzene rings is 2. The molecular formula is C29H45NO. The van der Waals surface area contributed by atoms with Crippen molar-refractivity contribution in [3.63, 3.8) is 0 Å². The Labute approximate surface area is 191 Å². The molecule has 2 aromatic rings. The van der Waals surface area contributed by atoms with Crippen LogP contribution in [0.3, 0.4) is 0 Å². The summed E-state index contributed by atoms with van der Waals surface area (Å²) < 4.78 is 0. The molecule has 1 unspecified atom stereocenters. The molecule has 2 heteroatoms. The summed E-state index contributed by atoms with van der Waals surface area (Å²) in [5.41, 5.74) is 3.39. The Morgan fingerprint density at radius 3 is 1.65 bits per heavy atom. The van der Waals surface area contributed by atoms with E-state index in [0.29, 0.717) is 0 Å². The van der Waals surface area contributed by atoms with Gasteiger partial charge in [-0.05, 0) is 42.7 Å². The first-order chi connectivity index (χ1) is 15.3. The largest absolute Gasteiger partial charge is 0.393 e. The maximum absolute atomic E-state index is 10.4. The summed E-state index contributed by atoms with van der Waals surface area (Å²) in [6.45, 7) is 2.28. The average molecular weight is 424 g/mol. The van der Waals surface area contributed by atoms with Crippen molar-refractivity contribution in [3.05, 3.63) is 60.2 Å². The van der Waals surface area contributed by atoms with Gasteiger partial charge in [-0.25, -0.2) is 0 Å². The van der Waals surface area contributed by atoms with Gasteiger partial charge in [0, 0.05) is 11.4 Å². The highest BCUT2D eigenvalue weighted by Gasteiger charge is 2.06. The molecule has 0 aliphatic heterocycles. The highest BCUT2D eigenvalue weighted by Crippen LogP contribution is 2.18. The van der Waals surface area contributed by atoms with E-state index in [1.807, 2.05) is 18.2 Å². The number of aliphatic hydroxyl groups excluding tert-OH is 1. The van der Waals surface area contributed by atoms with Crippen LogP contribution in [0.2, 0.25) is 0 Å². The van der Waals surface area contributed by atoms with Crippen molar-refractivity contribution in [2.24, 2.45) is 0 Å². The predicted octanol–water partition coefficient (Wildman–Crippen LogP) is 8.81. The lowest BCUT2D eigenvalue weighted by atomic mass is 10.0. The van der Waals surface area contributed by atoms with Gasteiger partial charge in [0.15, 0.2) is 0 Å². The van der Waals surface area contributed by atoms with Gasteiger partial charge in [-0.3, -0.25) is 0 Å². The Balaban J connectivity index is 1.45. The third kappa shape index (κ3) is 12.6. The molecule has 0 heterocycles. The average Bonchev–Trinajstić information content (AvgIpc) is 2.79. The van der Waals surface area contributed by atoms with Crippen molar-refractivity contribution in [2.45, 2.75) is 109 Å². The molecule has 0 aliphatic carbocycles. The number of aliphatic hydroxyl groups is 1. The standard InChI is InChI=1S/C29H45NO/c1-2-3-4-5-6-7-8-9-10-11-12-13-17-20-29(31)25-26-21-23-28(24-22-26)30-27-18-15-14-16-19-27/h14-16,18-19,21-24,29-31H,2-13,17,20,25H2,1H3. The first kappa shape index (κ1) is 25.5. The Kier molecular flexibility index (Phi) is 13.8. The summed E-state index contributed by atoms with van der Waals surface area (Å²) in [6.07, 6.45) is 19.2. The molecule has 0 saturated carbocycles. The van der Waals surface area contributed by atoms with Crippen LogP contribution in [0, 0.1) is 0 Å². The van der Waals surface area contributed by atoms with E-state index in [4.69, 9.17) is 0 Å². The maximum atomic E-state index is 10.4. The van der Waals surface area contributed by atoms with Gasteiger partial charge in [0.2, 0.25) is 0 Å². The molecule has 172 valence electrons. The van der Waals surface area contributed by atoms with E-state index in [9.17, 15) is 5.11 Å². The summed E-state index contributed by atoms with van der Waals surface area (Å²) in [5.74, 6) is 0. The minimum Gasteiger partial charge on any atom is -0.393 e. The molecule has 0 fully saturated rings. The van der Waals surface area contributed by atoms with Crippen molar-refractivity contribution in [1.82, 2.24) is 0 Å². The fourth-order valence-corrected chi connectivity index (χ4v) is 4.18. The minimum atomic E-state index is -0.222. The van der Waals surface area contributed by atoms with Gasteiger partial charge in [-0.15, -0.1) is 0 Å². The zero-order valence-electron chi connectivity index (χ0n) is 19.8. The van der Waals surface area contributed by atoms with Gasteiger partial charge in [-0.1, -0.05) is 121 Å². The topological polar surface area (TPSA) is 32.3 Å². The number of unbranched alkanes of at least 4 members (excludes halogenated alkanes) is 12. The first-order valence-electron chi connectivity index (χ1n) is 12.9.